The van der Waals surface area contributed by atoms with Crippen LogP contribution in [0, 0.1) is 0 Å². The first-order chi connectivity index (χ1) is 15.5. The van der Waals surface area contributed by atoms with E-state index in [1.54, 1.807) is 0 Å². The molecule has 0 saturated heterocycles. The first-order valence-electron chi connectivity index (χ1n) is 12.9. The molecule has 1 aromatic rings. The van der Waals surface area contributed by atoms with E-state index >= 15 is 0 Å². The average Bonchev–Trinajstić information content (AvgIpc) is 2.76. The predicted molar refractivity (Wildman–Crippen MR) is 134 cm³/mol. The maximum atomic E-state index is 11.0. The molecule has 1 aromatic carbocycles. The van der Waals surface area contributed by atoms with Crippen molar-refractivity contribution in [2.45, 2.75) is 129 Å². The van der Waals surface area contributed by atoms with Gasteiger partial charge in [0.15, 0.2) is 11.5 Å². The topological polar surface area (TPSA) is 66.8 Å². The molecule has 184 valence electrons. The molecule has 5 heteroatoms. The Balaban J connectivity index is 2.63. The fourth-order valence-electron chi connectivity index (χ4n) is 4.29. The van der Waals surface area contributed by atoms with E-state index in [9.17, 15) is 9.90 Å². The van der Waals surface area contributed by atoms with Gasteiger partial charge in [0, 0.05) is 16.7 Å². The molecule has 0 heterocycles. The molecule has 0 atom stereocenters. The molecule has 0 aromatic heterocycles. The van der Waals surface area contributed by atoms with Crippen molar-refractivity contribution in [3.63, 3.8) is 0 Å². The summed E-state index contributed by atoms with van der Waals surface area (Å²) < 4.78 is 4.78. The van der Waals surface area contributed by atoms with Crippen molar-refractivity contribution >= 4 is 17.8 Å². The highest BCUT2D eigenvalue weighted by atomic mass is 35.5. The lowest BCUT2D eigenvalue weighted by Crippen LogP contribution is -2.06. The van der Waals surface area contributed by atoms with Crippen LogP contribution in [-0.2, 0) is 12.8 Å². The molecular formula is C27H45ClO4. The van der Waals surface area contributed by atoms with Crippen molar-refractivity contribution in [1.82, 2.24) is 0 Å². The van der Waals surface area contributed by atoms with Crippen LogP contribution in [0.15, 0.2) is 6.07 Å². The van der Waals surface area contributed by atoms with Gasteiger partial charge in [-0.15, -0.1) is 0 Å². The monoisotopic (exact) mass is 468 g/mol. The second-order valence-corrected chi connectivity index (χ2v) is 9.39. The number of carbonyl (C=O) groups is 1. The van der Waals surface area contributed by atoms with Crippen molar-refractivity contribution < 1.29 is 19.7 Å². The Morgan fingerprint density at radius 2 is 1.16 bits per heavy atom. The average molecular weight is 469 g/mol. The van der Waals surface area contributed by atoms with Crippen LogP contribution in [0.3, 0.4) is 0 Å². The molecule has 0 saturated carbocycles. The lowest BCUT2D eigenvalue weighted by molar-refractivity contribution is 0.143. The predicted octanol–water partition coefficient (Wildman–Crippen LogP) is 9.47. The first-order valence-corrected chi connectivity index (χ1v) is 13.3. The van der Waals surface area contributed by atoms with E-state index in [0.29, 0.717) is 11.4 Å². The molecule has 1 rings (SSSR count). The van der Waals surface area contributed by atoms with Gasteiger partial charge in [-0.3, -0.25) is 0 Å². The van der Waals surface area contributed by atoms with Crippen LogP contribution in [-0.4, -0.2) is 16.4 Å². The Hall–Kier alpha value is -1.42. The summed E-state index contributed by atoms with van der Waals surface area (Å²) in [6.45, 7) is 4.46. The molecule has 0 radical (unpaired) electrons. The molecule has 32 heavy (non-hydrogen) atoms. The minimum atomic E-state index is -1.44. The number of halogens is 1. The van der Waals surface area contributed by atoms with E-state index in [1.165, 1.54) is 83.1 Å². The number of aromatic hydroxyl groups is 1. The van der Waals surface area contributed by atoms with Gasteiger partial charge in [-0.05, 0) is 31.2 Å². The van der Waals surface area contributed by atoms with Gasteiger partial charge in [-0.2, -0.15) is 0 Å². The lowest BCUT2D eigenvalue weighted by Gasteiger charge is -2.16. The summed E-state index contributed by atoms with van der Waals surface area (Å²) in [4.78, 5) is 11.0. The van der Waals surface area contributed by atoms with Gasteiger partial charge in [-0.25, -0.2) is 4.79 Å². The molecule has 0 amide bonds. The van der Waals surface area contributed by atoms with E-state index in [0.717, 1.165) is 43.2 Å². The van der Waals surface area contributed by atoms with E-state index in [1.807, 2.05) is 0 Å². The first kappa shape index (κ1) is 28.6. The normalized spacial score (nSPS) is 11.1. The number of phenols is 1. The Morgan fingerprint density at radius 3 is 1.59 bits per heavy atom. The Labute approximate surface area is 200 Å². The van der Waals surface area contributed by atoms with Crippen LogP contribution in [0.4, 0.5) is 4.79 Å². The Bertz CT molecular complexity index is 645. The molecule has 0 aliphatic heterocycles. The van der Waals surface area contributed by atoms with Crippen LogP contribution in [0.1, 0.15) is 128 Å². The van der Waals surface area contributed by atoms with Gasteiger partial charge in [0.2, 0.25) is 0 Å². The number of unbranched alkanes of at least 4 members (excludes halogenated alkanes) is 14. The minimum absolute atomic E-state index is 0.0586. The second kappa shape index (κ2) is 18.1. The minimum Gasteiger partial charge on any atom is -0.504 e. The van der Waals surface area contributed by atoms with E-state index in [-0.39, 0.29) is 11.5 Å². The summed E-state index contributed by atoms with van der Waals surface area (Å²) in [6.07, 6.45) is 19.6. The number of phenolic OH excluding ortho intramolecular Hbond substituents is 1. The third-order valence-electron chi connectivity index (χ3n) is 6.19. The smallest absolute Gasteiger partial charge is 0.504 e. The Kier molecular flexibility index (Phi) is 16.1. The zero-order valence-electron chi connectivity index (χ0n) is 20.4. The van der Waals surface area contributed by atoms with E-state index in [4.69, 9.17) is 21.4 Å². The van der Waals surface area contributed by atoms with Crippen LogP contribution in [0.25, 0.3) is 0 Å². The molecule has 0 bridgehead atoms. The summed E-state index contributed by atoms with van der Waals surface area (Å²) >= 11 is 6.51. The van der Waals surface area contributed by atoms with Crippen molar-refractivity contribution in [1.29, 1.82) is 0 Å². The Morgan fingerprint density at radius 1 is 0.750 bits per heavy atom. The summed E-state index contributed by atoms with van der Waals surface area (Å²) in [5, 5.41) is 20.2. The van der Waals surface area contributed by atoms with Gasteiger partial charge < -0.3 is 14.9 Å². The third-order valence-corrected chi connectivity index (χ3v) is 6.52. The number of ether oxygens (including phenoxy) is 1. The highest BCUT2D eigenvalue weighted by Crippen LogP contribution is 2.39. The van der Waals surface area contributed by atoms with Crippen LogP contribution >= 0.6 is 11.6 Å². The van der Waals surface area contributed by atoms with Crippen molar-refractivity contribution in [3.8, 4) is 11.5 Å². The molecule has 0 aliphatic rings. The summed E-state index contributed by atoms with van der Waals surface area (Å²) in [6, 6.07) is 1.45. The van der Waals surface area contributed by atoms with Crippen LogP contribution < -0.4 is 4.74 Å². The summed E-state index contributed by atoms with van der Waals surface area (Å²) in [5.41, 5.74) is 1.72. The number of benzene rings is 1. The highest BCUT2D eigenvalue weighted by molar-refractivity contribution is 6.31. The van der Waals surface area contributed by atoms with Crippen molar-refractivity contribution in [2.24, 2.45) is 0 Å². The highest BCUT2D eigenvalue weighted by Gasteiger charge is 2.19. The molecule has 4 nitrogen and oxygen atoms in total. The van der Waals surface area contributed by atoms with Gasteiger partial charge in [0.05, 0.1) is 0 Å². The number of rotatable bonds is 19. The maximum Gasteiger partial charge on any atom is 0.511 e. The molecular weight excluding hydrogens is 424 g/mol. The molecule has 0 spiro atoms. The van der Waals surface area contributed by atoms with Crippen molar-refractivity contribution in [2.75, 3.05) is 0 Å². The number of carboxylic acid groups (broad SMARTS) is 1. The van der Waals surface area contributed by atoms with Gasteiger partial charge in [-0.1, -0.05) is 115 Å². The molecule has 0 aliphatic carbocycles. The van der Waals surface area contributed by atoms with Gasteiger partial charge >= 0.3 is 6.16 Å². The van der Waals surface area contributed by atoms with Crippen molar-refractivity contribution in [3.05, 3.63) is 22.2 Å². The maximum absolute atomic E-state index is 11.0. The fourth-order valence-corrected chi connectivity index (χ4v) is 4.60. The molecule has 0 unspecified atom stereocenters. The quantitative estimate of drug-likeness (QED) is 0.120. The van der Waals surface area contributed by atoms with E-state index in [2.05, 4.69) is 13.8 Å². The SMILES string of the molecule is CCCCCCCCCCc1c(Cl)cc(OC(=O)O)c(O)c1CCCCCCCCCC. The summed E-state index contributed by atoms with van der Waals surface area (Å²) in [7, 11) is 0. The fraction of sp³-hybridized carbons (Fsp3) is 0.741. The lowest BCUT2D eigenvalue weighted by atomic mass is 9.94. The van der Waals surface area contributed by atoms with Gasteiger partial charge in [0.25, 0.3) is 0 Å². The number of hydrogen-bond donors (Lipinski definition) is 2. The number of hydrogen-bond acceptors (Lipinski definition) is 3. The third kappa shape index (κ3) is 12.0. The molecule has 0 fully saturated rings. The van der Waals surface area contributed by atoms with E-state index < -0.39 is 6.16 Å². The zero-order chi connectivity index (χ0) is 23.6. The largest absolute Gasteiger partial charge is 0.511 e. The molecule has 2 N–H and O–H groups in total. The second-order valence-electron chi connectivity index (χ2n) is 8.98. The van der Waals surface area contributed by atoms with Gasteiger partial charge in [0.1, 0.15) is 0 Å². The van der Waals surface area contributed by atoms with Crippen LogP contribution in [0.2, 0.25) is 5.02 Å². The zero-order valence-corrected chi connectivity index (χ0v) is 21.2. The van der Waals surface area contributed by atoms with Crippen LogP contribution in [0.5, 0.6) is 11.5 Å². The summed E-state index contributed by atoms with van der Waals surface area (Å²) in [5.74, 6) is -0.119. The standard InChI is InChI=1S/C27H45ClO4/c1-3-5-7-9-11-13-15-17-19-22-23(20-18-16-14-12-10-8-6-4-2)26(29)25(21-24(22)28)32-27(30)31/h21,29H,3-20H2,1-2H3,(H,30,31).